The molecule has 0 aliphatic rings. The zero-order chi connectivity index (χ0) is 18.8. The average molecular weight is 416 g/mol. The monoisotopic (exact) mass is 415 g/mol. The number of halogens is 1. The van der Waals surface area contributed by atoms with Gasteiger partial charge in [-0.1, -0.05) is 34.7 Å². The van der Waals surface area contributed by atoms with E-state index in [0.717, 1.165) is 15.8 Å². The van der Waals surface area contributed by atoms with Crippen LogP contribution in [0, 0.1) is 0 Å². The van der Waals surface area contributed by atoms with Crippen LogP contribution in [0.25, 0.3) is 0 Å². The molecule has 2 N–H and O–H groups in total. The van der Waals surface area contributed by atoms with Gasteiger partial charge in [0.2, 0.25) is 0 Å². The normalized spacial score (nSPS) is 10.3. The van der Waals surface area contributed by atoms with Gasteiger partial charge < -0.3 is 10.1 Å². The second-order valence-electron chi connectivity index (χ2n) is 5.15. The third-order valence-corrected chi connectivity index (χ3v) is 3.64. The lowest BCUT2D eigenvalue weighted by molar-refractivity contribution is -0.120. The van der Waals surface area contributed by atoms with E-state index in [-0.39, 0.29) is 12.5 Å². The van der Waals surface area contributed by atoms with Crippen LogP contribution in [-0.4, -0.2) is 31.2 Å². The summed E-state index contributed by atoms with van der Waals surface area (Å²) >= 11 is 3.29. The van der Waals surface area contributed by atoms with Gasteiger partial charge in [-0.25, -0.2) is 5.43 Å². The Morgan fingerprint density at radius 1 is 1.19 bits per heavy atom. The van der Waals surface area contributed by atoms with Crippen LogP contribution in [-0.2, 0) is 4.79 Å². The van der Waals surface area contributed by atoms with Crippen molar-refractivity contribution in [3.8, 4) is 5.75 Å². The number of nitrogens with zero attached hydrogens (tertiary/aromatic N) is 1. The lowest BCUT2D eigenvalue weighted by Crippen LogP contribution is -2.34. The minimum Gasteiger partial charge on any atom is -0.490 e. The molecule has 26 heavy (non-hydrogen) atoms. The Kier molecular flexibility index (Phi) is 7.57. The first kappa shape index (κ1) is 19.4. The molecule has 2 rings (SSSR count). The molecule has 0 radical (unpaired) electrons. The fraction of sp³-hybridized carbons (Fsp3) is 0.105. The van der Waals surface area contributed by atoms with Crippen molar-refractivity contribution in [2.75, 3.05) is 13.2 Å². The van der Waals surface area contributed by atoms with E-state index in [9.17, 15) is 9.59 Å². The summed E-state index contributed by atoms with van der Waals surface area (Å²) in [6.45, 7) is 3.85. The third kappa shape index (κ3) is 6.52. The Morgan fingerprint density at radius 3 is 2.65 bits per heavy atom. The van der Waals surface area contributed by atoms with Crippen molar-refractivity contribution in [3.63, 3.8) is 0 Å². The van der Waals surface area contributed by atoms with Crippen LogP contribution in [0.5, 0.6) is 5.75 Å². The van der Waals surface area contributed by atoms with E-state index in [1.807, 2.05) is 18.2 Å². The maximum Gasteiger partial charge on any atom is 0.259 e. The van der Waals surface area contributed by atoms with E-state index >= 15 is 0 Å². The Morgan fingerprint density at radius 2 is 1.96 bits per heavy atom. The zero-order valence-corrected chi connectivity index (χ0v) is 15.5. The molecule has 0 unspecified atom stereocenters. The third-order valence-electron chi connectivity index (χ3n) is 3.15. The van der Waals surface area contributed by atoms with Crippen molar-refractivity contribution in [1.29, 1.82) is 0 Å². The molecule has 0 fully saturated rings. The maximum absolute atomic E-state index is 11.9. The summed E-state index contributed by atoms with van der Waals surface area (Å²) in [5.41, 5.74) is 3.63. The predicted octanol–water partition coefficient (Wildman–Crippen LogP) is 2.89. The van der Waals surface area contributed by atoms with Gasteiger partial charge in [-0.15, -0.1) is 0 Å². The Hall–Kier alpha value is -2.93. The van der Waals surface area contributed by atoms with E-state index in [4.69, 9.17) is 4.74 Å². The second kappa shape index (κ2) is 10.1. The molecule has 2 aromatic carbocycles. The lowest BCUT2D eigenvalue weighted by atomic mass is 10.2. The first-order valence-corrected chi connectivity index (χ1v) is 8.57. The molecule has 0 atom stereocenters. The largest absolute Gasteiger partial charge is 0.490 e. The number of hydrogen-bond donors (Lipinski definition) is 2. The molecule has 134 valence electrons. The summed E-state index contributed by atoms with van der Waals surface area (Å²) in [6, 6.07) is 14.1. The van der Waals surface area contributed by atoms with Gasteiger partial charge >= 0.3 is 0 Å². The number of hydrazone groups is 1. The number of nitrogens with one attached hydrogen (secondary N) is 2. The molecule has 0 bridgehead atoms. The number of carbonyl (C=O) groups is 2. The van der Waals surface area contributed by atoms with E-state index < -0.39 is 5.91 Å². The highest BCUT2D eigenvalue weighted by atomic mass is 79.9. The molecular weight excluding hydrogens is 398 g/mol. The van der Waals surface area contributed by atoms with Crippen LogP contribution in [0.1, 0.15) is 15.9 Å². The molecule has 2 amide bonds. The van der Waals surface area contributed by atoms with Gasteiger partial charge in [0.1, 0.15) is 12.4 Å². The van der Waals surface area contributed by atoms with Gasteiger partial charge in [0.25, 0.3) is 11.8 Å². The summed E-state index contributed by atoms with van der Waals surface area (Å²) in [7, 11) is 0. The van der Waals surface area contributed by atoms with Gasteiger partial charge in [-0.3, -0.25) is 9.59 Å². The van der Waals surface area contributed by atoms with Gasteiger partial charge in [-0.05, 0) is 48.0 Å². The second-order valence-corrected chi connectivity index (χ2v) is 6.07. The van der Waals surface area contributed by atoms with Crippen molar-refractivity contribution in [1.82, 2.24) is 10.7 Å². The zero-order valence-electron chi connectivity index (χ0n) is 13.9. The van der Waals surface area contributed by atoms with Crippen LogP contribution >= 0.6 is 15.9 Å². The molecule has 2 aromatic rings. The Labute approximate surface area is 160 Å². The Bertz CT molecular complexity index is 804. The molecule has 0 aromatic heterocycles. The minimum atomic E-state index is -0.421. The summed E-state index contributed by atoms with van der Waals surface area (Å²) in [6.07, 6.45) is 3.17. The molecular formula is C19H18BrN3O3. The van der Waals surface area contributed by atoms with E-state index in [0.29, 0.717) is 12.2 Å². The van der Waals surface area contributed by atoms with Crippen molar-refractivity contribution >= 4 is 34.0 Å². The molecule has 0 aliphatic heterocycles. The molecule has 0 heterocycles. The number of amides is 2. The maximum atomic E-state index is 11.9. The summed E-state index contributed by atoms with van der Waals surface area (Å²) in [4.78, 5) is 23.7. The van der Waals surface area contributed by atoms with Crippen LogP contribution < -0.4 is 15.5 Å². The van der Waals surface area contributed by atoms with E-state index in [1.54, 1.807) is 36.4 Å². The smallest absolute Gasteiger partial charge is 0.259 e. The van der Waals surface area contributed by atoms with Crippen LogP contribution in [0.3, 0.4) is 0 Å². The summed E-state index contributed by atoms with van der Waals surface area (Å²) in [5, 5.41) is 6.39. The minimum absolute atomic E-state index is 0.170. The molecule has 7 heteroatoms. The predicted molar refractivity (Wildman–Crippen MR) is 104 cm³/mol. The quantitative estimate of drug-likeness (QED) is 0.395. The highest BCUT2D eigenvalue weighted by Crippen LogP contribution is 2.11. The van der Waals surface area contributed by atoms with Gasteiger partial charge in [0.15, 0.2) is 0 Å². The molecule has 6 nitrogen and oxygen atoms in total. The standard InChI is InChI=1S/C19H18BrN3O3/c1-2-10-26-17-8-6-14(7-9-17)12-22-23-18(24)13-21-19(25)15-4-3-5-16(20)11-15/h2-9,11-12H,1,10,13H2,(H,21,25)(H,23,24)/b22-12+. The highest BCUT2D eigenvalue weighted by molar-refractivity contribution is 9.10. The summed E-state index contributed by atoms with van der Waals surface area (Å²) < 4.78 is 6.17. The van der Waals surface area contributed by atoms with Crippen LogP contribution in [0.4, 0.5) is 0 Å². The van der Waals surface area contributed by atoms with E-state index in [1.165, 1.54) is 6.21 Å². The number of rotatable bonds is 8. The topological polar surface area (TPSA) is 79.8 Å². The summed E-state index contributed by atoms with van der Waals surface area (Å²) in [5.74, 6) is -0.0302. The number of benzene rings is 2. The lowest BCUT2D eigenvalue weighted by Gasteiger charge is -2.05. The molecule has 0 saturated carbocycles. The van der Waals surface area contributed by atoms with Crippen LogP contribution in [0.15, 0.2) is 70.8 Å². The fourth-order valence-electron chi connectivity index (χ4n) is 1.92. The average Bonchev–Trinajstić information content (AvgIpc) is 2.65. The number of carbonyl (C=O) groups excluding carboxylic acids is 2. The van der Waals surface area contributed by atoms with Crippen molar-refractivity contribution in [2.24, 2.45) is 5.10 Å². The SMILES string of the molecule is C=CCOc1ccc(/C=N/NC(=O)CNC(=O)c2cccc(Br)c2)cc1. The Balaban J connectivity index is 1.76. The molecule has 0 saturated heterocycles. The number of ether oxygens (including phenoxy) is 1. The van der Waals surface area contributed by atoms with Crippen molar-refractivity contribution < 1.29 is 14.3 Å². The fourth-order valence-corrected chi connectivity index (χ4v) is 2.32. The highest BCUT2D eigenvalue weighted by Gasteiger charge is 2.07. The van der Waals surface area contributed by atoms with Crippen LogP contribution in [0.2, 0.25) is 0 Å². The number of hydrogen-bond acceptors (Lipinski definition) is 4. The van der Waals surface area contributed by atoms with E-state index in [2.05, 4.69) is 38.4 Å². The molecule has 0 aliphatic carbocycles. The van der Waals surface area contributed by atoms with Gasteiger partial charge in [0.05, 0.1) is 12.8 Å². The first-order chi connectivity index (χ1) is 12.6. The molecule has 0 spiro atoms. The van der Waals surface area contributed by atoms with Gasteiger partial charge in [-0.2, -0.15) is 5.10 Å². The van der Waals surface area contributed by atoms with Gasteiger partial charge in [0, 0.05) is 10.0 Å². The first-order valence-electron chi connectivity index (χ1n) is 7.78. The van der Waals surface area contributed by atoms with Crippen molar-refractivity contribution in [2.45, 2.75) is 0 Å². The van der Waals surface area contributed by atoms with Crippen molar-refractivity contribution in [3.05, 3.63) is 76.8 Å².